The van der Waals surface area contributed by atoms with Gasteiger partial charge in [-0.3, -0.25) is 0 Å². The molecule has 1 aromatic heterocycles. The van der Waals surface area contributed by atoms with E-state index in [9.17, 15) is 0 Å². The molecule has 0 aliphatic rings. The third-order valence-electron chi connectivity index (χ3n) is 1.48. The van der Waals surface area contributed by atoms with Gasteiger partial charge in [0.2, 0.25) is 0 Å². The smallest absolute Gasteiger partial charge is 0.140 e. The van der Waals surface area contributed by atoms with Gasteiger partial charge in [0.15, 0.2) is 0 Å². The zero-order chi connectivity index (χ0) is 10.1. The van der Waals surface area contributed by atoms with Gasteiger partial charge in [0.1, 0.15) is 11.8 Å². The second-order valence-corrected chi connectivity index (χ2v) is 2.41. The van der Waals surface area contributed by atoms with Crippen molar-refractivity contribution in [2.75, 3.05) is 0 Å². The van der Waals surface area contributed by atoms with Gasteiger partial charge < -0.3 is 0 Å². The summed E-state index contributed by atoms with van der Waals surface area (Å²) in [5, 5.41) is 8.52. The van der Waals surface area contributed by atoms with Crippen LogP contribution in [0.1, 0.15) is 38.4 Å². The van der Waals surface area contributed by atoms with Crippen molar-refractivity contribution in [2.45, 2.75) is 33.6 Å². The van der Waals surface area contributed by atoms with Gasteiger partial charge in [-0.15, -0.1) is 0 Å². The minimum atomic E-state index is 0.510. The maximum Gasteiger partial charge on any atom is 0.140 e. The normalized spacial score (nSPS) is 8.15. The van der Waals surface area contributed by atoms with Crippen molar-refractivity contribution in [3.05, 3.63) is 29.6 Å². The lowest BCUT2D eigenvalue weighted by Crippen LogP contribution is -1.86. The molecule has 2 nitrogen and oxygen atoms in total. The zero-order valence-corrected chi connectivity index (χ0v) is 8.54. The number of hydrogen-bond acceptors (Lipinski definition) is 2. The molecule has 13 heavy (non-hydrogen) atoms. The van der Waals surface area contributed by atoms with Crippen LogP contribution in [0.25, 0.3) is 0 Å². The van der Waals surface area contributed by atoms with Crippen molar-refractivity contribution in [1.82, 2.24) is 4.98 Å². The molecule has 1 aromatic rings. The van der Waals surface area contributed by atoms with Gasteiger partial charge in [-0.2, -0.15) is 5.26 Å². The number of aromatic nitrogens is 1. The zero-order valence-electron chi connectivity index (χ0n) is 8.54. The third-order valence-corrected chi connectivity index (χ3v) is 1.48. The van der Waals surface area contributed by atoms with Crippen LogP contribution in [0.2, 0.25) is 0 Å². The predicted molar refractivity (Wildman–Crippen MR) is 54.3 cm³/mol. The summed E-state index contributed by atoms with van der Waals surface area (Å²) in [5.41, 5.74) is 1.70. The van der Waals surface area contributed by atoms with Crippen LogP contribution in [0.3, 0.4) is 0 Å². The molecule has 0 saturated heterocycles. The Bertz CT molecular complexity index is 274. The second kappa shape index (κ2) is 7.30. The van der Waals surface area contributed by atoms with Crippen molar-refractivity contribution in [3.63, 3.8) is 0 Å². The van der Waals surface area contributed by atoms with Crippen LogP contribution in [-0.2, 0) is 6.42 Å². The van der Waals surface area contributed by atoms with E-state index in [2.05, 4.69) is 11.9 Å². The Balaban J connectivity index is 0.000000671. The topological polar surface area (TPSA) is 36.7 Å². The Morgan fingerprint density at radius 1 is 1.46 bits per heavy atom. The van der Waals surface area contributed by atoms with Crippen LogP contribution in [0, 0.1) is 11.3 Å². The maximum absolute atomic E-state index is 8.52. The first kappa shape index (κ1) is 11.6. The number of aryl methyl sites for hydroxylation is 1. The number of nitrogens with zero attached hydrogens (tertiary/aromatic N) is 2. The molecular formula is C11H16N2. The van der Waals surface area contributed by atoms with Gasteiger partial charge in [0.05, 0.1) is 0 Å². The van der Waals surface area contributed by atoms with Crippen LogP contribution in [0.5, 0.6) is 0 Å². The molecule has 0 saturated carbocycles. The lowest BCUT2D eigenvalue weighted by atomic mass is 10.1. The summed E-state index contributed by atoms with van der Waals surface area (Å²) < 4.78 is 0. The van der Waals surface area contributed by atoms with Gasteiger partial charge in [-0.05, 0) is 24.1 Å². The van der Waals surface area contributed by atoms with E-state index in [0.29, 0.717) is 5.69 Å². The fourth-order valence-corrected chi connectivity index (χ4v) is 0.980. The molecule has 0 spiro atoms. The van der Waals surface area contributed by atoms with Crippen LogP contribution >= 0.6 is 0 Å². The van der Waals surface area contributed by atoms with Gasteiger partial charge >= 0.3 is 0 Å². The van der Waals surface area contributed by atoms with E-state index in [1.807, 2.05) is 32.0 Å². The highest BCUT2D eigenvalue weighted by Gasteiger charge is 1.93. The molecule has 0 amide bonds. The van der Waals surface area contributed by atoms with Crippen molar-refractivity contribution < 1.29 is 0 Å². The molecule has 0 radical (unpaired) electrons. The minimum absolute atomic E-state index is 0.510. The van der Waals surface area contributed by atoms with E-state index >= 15 is 0 Å². The Hall–Kier alpha value is -1.36. The summed E-state index contributed by atoms with van der Waals surface area (Å²) >= 11 is 0. The van der Waals surface area contributed by atoms with Crippen molar-refractivity contribution in [3.8, 4) is 6.07 Å². The highest BCUT2D eigenvalue weighted by molar-refractivity contribution is 5.25. The van der Waals surface area contributed by atoms with Crippen LogP contribution in [0.4, 0.5) is 0 Å². The number of rotatable bonds is 2. The second-order valence-electron chi connectivity index (χ2n) is 2.41. The molecule has 1 rings (SSSR count). The lowest BCUT2D eigenvalue weighted by molar-refractivity contribution is 0.917. The Kier molecular flexibility index (Phi) is 6.53. The lowest BCUT2D eigenvalue weighted by Gasteiger charge is -1.95. The van der Waals surface area contributed by atoms with Crippen molar-refractivity contribution in [2.24, 2.45) is 0 Å². The molecule has 1 heterocycles. The Morgan fingerprint density at radius 3 is 2.69 bits per heavy atom. The number of pyridine rings is 1. The minimum Gasteiger partial charge on any atom is -0.246 e. The standard InChI is InChI=1S/C9H10N2.C2H6/c1-2-3-8-4-5-11-9(6-8)7-10;1-2/h4-6H,2-3H2,1H3;1-2H3. The summed E-state index contributed by atoms with van der Waals surface area (Å²) in [6.07, 6.45) is 3.82. The van der Waals surface area contributed by atoms with E-state index in [1.54, 1.807) is 6.20 Å². The van der Waals surface area contributed by atoms with Gasteiger partial charge in [-0.1, -0.05) is 27.2 Å². The highest BCUT2D eigenvalue weighted by atomic mass is 14.7. The fourth-order valence-electron chi connectivity index (χ4n) is 0.980. The van der Waals surface area contributed by atoms with Gasteiger partial charge in [0.25, 0.3) is 0 Å². The van der Waals surface area contributed by atoms with E-state index in [4.69, 9.17) is 5.26 Å². The van der Waals surface area contributed by atoms with Crippen LogP contribution < -0.4 is 0 Å². The van der Waals surface area contributed by atoms with Gasteiger partial charge in [0, 0.05) is 6.20 Å². The van der Waals surface area contributed by atoms with E-state index in [-0.39, 0.29) is 0 Å². The van der Waals surface area contributed by atoms with E-state index in [1.165, 1.54) is 5.56 Å². The molecule has 0 N–H and O–H groups in total. The summed E-state index contributed by atoms with van der Waals surface area (Å²) in [5.74, 6) is 0. The maximum atomic E-state index is 8.52. The van der Waals surface area contributed by atoms with Crippen LogP contribution in [0.15, 0.2) is 18.3 Å². The predicted octanol–water partition coefficient (Wildman–Crippen LogP) is 2.93. The average molecular weight is 176 g/mol. The number of nitriles is 1. The summed E-state index contributed by atoms with van der Waals surface area (Å²) in [7, 11) is 0. The highest BCUT2D eigenvalue weighted by Crippen LogP contribution is 2.03. The van der Waals surface area contributed by atoms with Crippen molar-refractivity contribution >= 4 is 0 Å². The monoisotopic (exact) mass is 176 g/mol. The molecule has 0 fully saturated rings. The molecule has 0 aliphatic heterocycles. The summed E-state index contributed by atoms with van der Waals surface area (Å²) in [4.78, 5) is 3.88. The van der Waals surface area contributed by atoms with E-state index in [0.717, 1.165) is 12.8 Å². The Labute approximate surface area is 80.2 Å². The largest absolute Gasteiger partial charge is 0.246 e. The molecule has 0 atom stereocenters. The SMILES string of the molecule is CC.CCCc1ccnc(C#N)c1. The summed E-state index contributed by atoms with van der Waals surface area (Å²) in [6, 6.07) is 5.80. The molecular weight excluding hydrogens is 160 g/mol. The molecule has 0 aliphatic carbocycles. The van der Waals surface area contributed by atoms with Crippen molar-refractivity contribution in [1.29, 1.82) is 5.26 Å². The number of hydrogen-bond donors (Lipinski definition) is 0. The fraction of sp³-hybridized carbons (Fsp3) is 0.455. The molecule has 2 heteroatoms. The van der Waals surface area contributed by atoms with Gasteiger partial charge in [-0.25, -0.2) is 4.98 Å². The van der Waals surface area contributed by atoms with E-state index < -0.39 is 0 Å². The summed E-state index contributed by atoms with van der Waals surface area (Å²) in [6.45, 7) is 6.12. The molecule has 0 aromatic carbocycles. The molecule has 0 bridgehead atoms. The first-order chi connectivity index (χ1) is 6.36. The quantitative estimate of drug-likeness (QED) is 0.694. The third kappa shape index (κ3) is 4.27. The average Bonchev–Trinajstić information content (AvgIpc) is 2.22. The first-order valence-electron chi connectivity index (χ1n) is 4.72. The van der Waals surface area contributed by atoms with Crippen LogP contribution in [-0.4, -0.2) is 4.98 Å². The first-order valence-corrected chi connectivity index (χ1v) is 4.72. The Morgan fingerprint density at radius 2 is 2.15 bits per heavy atom. The molecule has 0 unspecified atom stereocenters. The molecule has 70 valence electrons.